The number of hydrogen-bond donors (Lipinski definition) is 1. The lowest BCUT2D eigenvalue weighted by molar-refractivity contribution is 1.29. The molecule has 80 valence electrons. The van der Waals surface area contributed by atoms with Crippen LogP contribution in [0.3, 0.4) is 0 Å². The zero-order chi connectivity index (χ0) is 11.2. The predicted molar refractivity (Wildman–Crippen MR) is 66.5 cm³/mol. The summed E-state index contributed by atoms with van der Waals surface area (Å²) in [6, 6.07) is 13.7. The number of hydrazone groups is 1. The summed E-state index contributed by atoms with van der Waals surface area (Å²) in [6.45, 7) is 1.96. The van der Waals surface area contributed by atoms with Gasteiger partial charge in [-0.25, -0.2) is 0 Å². The van der Waals surface area contributed by atoms with Crippen molar-refractivity contribution in [3.8, 4) is 0 Å². The average molecular weight is 211 g/mol. The largest absolute Gasteiger partial charge is 0.278 e. The van der Waals surface area contributed by atoms with Gasteiger partial charge in [-0.1, -0.05) is 18.2 Å². The summed E-state index contributed by atoms with van der Waals surface area (Å²) in [5.41, 5.74) is 6.00. The Balaban J connectivity index is 2.09. The molecule has 0 atom stereocenters. The third-order valence-electron chi connectivity index (χ3n) is 2.22. The van der Waals surface area contributed by atoms with Gasteiger partial charge in [-0.3, -0.25) is 10.4 Å². The van der Waals surface area contributed by atoms with Crippen LogP contribution in [0.1, 0.15) is 12.5 Å². The maximum Gasteiger partial charge on any atom is 0.0649 e. The summed E-state index contributed by atoms with van der Waals surface area (Å²) in [7, 11) is 0. The van der Waals surface area contributed by atoms with Gasteiger partial charge in [0.2, 0.25) is 0 Å². The number of pyridine rings is 1. The van der Waals surface area contributed by atoms with E-state index in [1.807, 2.05) is 49.4 Å². The molecule has 16 heavy (non-hydrogen) atoms. The van der Waals surface area contributed by atoms with Crippen LogP contribution in [0.25, 0.3) is 0 Å². The van der Waals surface area contributed by atoms with Gasteiger partial charge in [-0.2, -0.15) is 5.10 Å². The minimum atomic E-state index is 0.936. The van der Waals surface area contributed by atoms with Gasteiger partial charge in [0.15, 0.2) is 0 Å². The molecular formula is C13H13N3. The standard InChI is InChI=1S/C13H13N3/c1-11(12-7-9-14-10-8-12)15-16-13-5-3-2-4-6-13/h2-10,16H,1H3. The summed E-state index contributed by atoms with van der Waals surface area (Å²) in [5, 5.41) is 4.30. The molecule has 0 spiro atoms. The van der Waals surface area contributed by atoms with Crippen LogP contribution < -0.4 is 5.43 Å². The van der Waals surface area contributed by atoms with Crippen LogP contribution >= 0.6 is 0 Å². The molecule has 0 bridgehead atoms. The Morgan fingerprint density at radius 3 is 2.44 bits per heavy atom. The zero-order valence-electron chi connectivity index (χ0n) is 9.09. The molecule has 2 aromatic rings. The van der Waals surface area contributed by atoms with E-state index in [1.165, 1.54) is 0 Å². The average Bonchev–Trinajstić information content (AvgIpc) is 2.38. The lowest BCUT2D eigenvalue weighted by atomic mass is 10.2. The molecule has 2 rings (SSSR count). The van der Waals surface area contributed by atoms with E-state index in [1.54, 1.807) is 12.4 Å². The van der Waals surface area contributed by atoms with Crippen LogP contribution in [0.2, 0.25) is 0 Å². The monoisotopic (exact) mass is 211 g/mol. The number of rotatable bonds is 3. The van der Waals surface area contributed by atoms with Crippen molar-refractivity contribution in [1.29, 1.82) is 0 Å². The minimum absolute atomic E-state index is 0.936. The van der Waals surface area contributed by atoms with Gasteiger partial charge in [0.1, 0.15) is 0 Å². The van der Waals surface area contributed by atoms with Crippen molar-refractivity contribution in [2.45, 2.75) is 6.92 Å². The highest BCUT2D eigenvalue weighted by Gasteiger charge is 1.95. The maximum atomic E-state index is 4.30. The Morgan fingerprint density at radius 2 is 1.75 bits per heavy atom. The fraction of sp³-hybridized carbons (Fsp3) is 0.0769. The zero-order valence-corrected chi connectivity index (χ0v) is 9.09. The van der Waals surface area contributed by atoms with Crippen LogP contribution in [-0.2, 0) is 0 Å². The van der Waals surface area contributed by atoms with Crippen molar-refractivity contribution in [2.24, 2.45) is 5.10 Å². The topological polar surface area (TPSA) is 37.3 Å². The molecule has 0 unspecified atom stereocenters. The number of nitrogens with one attached hydrogen (secondary N) is 1. The van der Waals surface area contributed by atoms with Crippen LogP contribution in [-0.4, -0.2) is 10.7 Å². The fourth-order valence-electron chi connectivity index (χ4n) is 1.32. The number of hydrogen-bond acceptors (Lipinski definition) is 3. The number of nitrogens with zero attached hydrogens (tertiary/aromatic N) is 2. The molecule has 0 saturated heterocycles. The molecule has 0 aliphatic carbocycles. The van der Waals surface area contributed by atoms with Gasteiger partial charge < -0.3 is 0 Å². The summed E-state index contributed by atoms with van der Waals surface area (Å²) < 4.78 is 0. The molecule has 1 aromatic heterocycles. The maximum absolute atomic E-state index is 4.30. The Kier molecular flexibility index (Phi) is 3.28. The summed E-state index contributed by atoms with van der Waals surface area (Å²) >= 11 is 0. The highest BCUT2D eigenvalue weighted by Crippen LogP contribution is 2.06. The second-order valence-electron chi connectivity index (χ2n) is 3.41. The quantitative estimate of drug-likeness (QED) is 0.626. The Morgan fingerprint density at radius 1 is 1.06 bits per heavy atom. The second-order valence-corrected chi connectivity index (χ2v) is 3.41. The molecule has 0 aliphatic rings. The third kappa shape index (κ3) is 2.67. The molecule has 3 nitrogen and oxygen atoms in total. The Labute approximate surface area is 94.9 Å². The highest BCUT2D eigenvalue weighted by atomic mass is 15.3. The number of para-hydroxylation sites is 1. The molecule has 3 heteroatoms. The first-order chi connectivity index (χ1) is 7.86. The number of benzene rings is 1. The first kappa shape index (κ1) is 10.4. The number of aromatic nitrogens is 1. The van der Waals surface area contributed by atoms with Crippen molar-refractivity contribution in [1.82, 2.24) is 4.98 Å². The number of anilines is 1. The van der Waals surface area contributed by atoms with Crippen LogP contribution in [0.4, 0.5) is 5.69 Å². The van der Waals surface area contributed by atoms with Crippen molar-refractivity contribution in [3.63, 3.8) is 0 Å². The van der Waals surface area contributed by atoms with Crippen LogP contribution in [0.15, 0.2) is 60.0 Å². The van der Waals surface area contributed by atoms with Gasteiger partial charge in [0.25, 0.3) is 0 Å². The van der Waals surface area contributed by atoms with E-state index in [2.05, 4.69) is 15.5 Å². The van der Waals surface area contributed by atoms with Gasteiger partial charge in [0, 0.05) is 18.0 Å². The molecule has 0 aliphatic heterocycles. The molecule has 1 heterocycles. The second kappa shape index (κ2) is 5.07. The lowest BCUT2D eigenvalue weighted by Gasteiger charge is -2.02. The summed E-state index contributed by atoms with van der Waals surface area (Å²) in [4.78, 5) is 3.97. The fourth-order valence-corrected chi connectivity index (χ4v) is 1.32. The minimum Gasteiger partial charge on any atom is -0.278 e. The first-order valence-corrected chi connectivity index (χ1v) is 5.12. The molecule has 0 radical (unpaired) electrons. The van der Waals surface area contributed by atoms with Crippen LogP contribution in [0, 0.1) is 0 Å². The van der Waals surface area contributed by atoms with Gasteiger partial charge in [0.05, 0.1) is 11.4 Å². The molecule has 1 aromatic carbocycles. The summed E-state index contributed by atoms with van der Waals surface area (Å²) in [5.74, 6) is 0. The van der Waals surface area contributed by atoms with Crippen molar-refractivity contribution >= 4 is 11.4 Å². The Hall–Kier alpha value is -2.16. The van der Waals surface area contributed by atoms with Gasteiger partial charge >= 0.3 is 0 Å². The van der Waals surface area contributed by atoms with Crippen LogP contribution in [0.5, 0.6) is 0 Å². The van der Waals surface area contributed by atoms with E-state index in [4.69, 9.17) is 0 Å². The van der Waals surface area contributed by atoms with E-state index >= 15 is 0 Å². The summed E-state index contributed by atoms with van der Waals surface area (Å²) in [6.07, 6.45) is 3.52. The molecular weight excluding hydrogens is 198 g/mol. The lowest BCUT2D eigenvalue weighted by Crippen LogP contribution is -1.99. The predicted octanol–water partition coefficient (Wildman–Crippen LogP) is 2.92. The van der Waals surface area contributed by atoms with E-state index in [9.17, 15) is 0 Å². The normalized spacial score (nSPS) is 11.2. The highest BCUT2D eigenvalue weighted by molar-refractivity contribution is 5.98. The van der Waals surface area contributed by atoms with Crippen molar-refractivity contribution in [2.75, 3.05) is 5.43 Å². The van der Waals surface area contributed by atoms with E-state index < -0.39 is 0 Å². The van der Waals surface area contributed by atoms with E-state index in [-0.39, 0.29) is 0 Å². The van der Waals surface area contributed by atoms with Gasteiger partial charge in [-0.15, -0.1) is 0 Å². The molecule has 1 N–H and O–H groups in total. The SMILES string of the molecule is CC(=NNc1ccccc1)c1ccncc1. The van der Waals surface area contributed by atoms with Gasteiger partial charge in [-0.05, 0) is 31.2 Å². The molecule has 0 saturated carbocycles. The van der Waals surface area contributed by atoms with E-state index in [0.717, 1.165) is 17.0 Å². The molecule has 0 amide bonds. The van der Waals surface area contributed by atoms with E-state index in [0.29, 0.717) is 0 Å². The van der Waals surface area contributed by atoms with Crippen molar-refractivity contribution < 1.29 is 0 Å². The molecule has 0 fully saturated rings. The third-order valence-corrected chi connectivity index (χ3v) is 2.22. The Bertz CT molecular complexity index is 463. The first-order valence-electron chi connectivity index (χ1n) is 5.12. The smallest absolute Gasteiger partial charge is 0.0649 e. The van der Waals surface area contributed by atoms with Crippen molar-refractivity contribution in [3.05, 3.63) is 60.4 Å².